The summed E-state index contributed by atoms with van der Waals surface area (Å²) in [4.78, 5) is 0. The Morgan fingerprint density at radius 2 is 2.29 bits per heavy atom. The van der Waals surface area contributed by atoms with Gasteiger partial charge in [0.1, 0.15) is 0 Å². The molecule has 0 aliphatic carbocycles. The maximum absolute atomic E-state index is 3.27. The smallest absolute Gasteiger partial charge is 0.0227 e. The van der Waals surface area contributed by atoms with Crippen molar-refractivity contribution in [1.82, 2.24) is 5.32 Å². The Labute approximate surface area is 45.1 Å². The molecule has 0 spiro atoms. The SMILES string of the molecule is CC1(C)CC[CH]N1. The second kappa shape index (κ2) is 1.48. The standard InChI is InChI=1S/C6H12N/c1-6(2)4-3-5-7-6/h5,7H,3-4H2,1-2H3. The van der Waals surface area contributed by atoms with E-state index in [0.717, 1.165) is 0 Å². The van der Waals surface area contributed by atoms with Crippen LogP contribution in [0.15, 0.2) is 0 Å². The molecule has 1 fully saturated rings. The molecule has 0 saturated carbocycles. The van der Waals surface area contributed by atoms with Gasteiger partial charge in [0.25, 0.3) is 0 Å². The monoisotopic (exact) mass is 98.1 g/mol. The molecule has 1 radical (unpaired) electrons. The fourth-order valence-electron chi connectivity index (χ4n) is 0.854. The van der Waals surface area contributed by atoms with Gasteiger partial charge in [0.2, 0.25) is 0 Å². The summed E-state index contributed by atoms with van der Waals surface area (Å²) in [7, 11) is 0. The fraction of sp³-hybridized carbons (Fsp3) is 0.833. The molecule has 0 amide bonds. The first-order valence-electron chi connectivity index (χ1n) is 2.80. The molecule has 0 aromatic rings. The topological polar surface area (TPSA) is 12.0 Å². The molecule has 1 heterocycles. The van der Waals surface area contributed by atoms with Crippen LogP contribution in [0.3, 0.4) is 0 Å². The number of hydrogen-bond donors (Lipinski definition) is 1. The van der Waals surface area contributed by atoms with Crippen LogP contribution in [0, 0.1) is 6.54 Å². The van der Waals surface area contributed by atoms with E-state index in [1.54, 1.807) is 0 Å². The van der Waals surface area contributed by atoms with Crippen LogP contribution in [0.25, 0.3) is 0 Å². The van der Waals surface area contributed by atoms with Gasteiger partial charge in [-0.25, -0.2) is 0 Å². The average molecular weight is 98.2 g/mol. The van der Waals surface area contributed by atoms with Crippen LogP contribution in [0.2, 0.25) is 0 Å². The predicted molar refractivity (Wildman–Crippen MR) is 30.7 cm³/mol. The van der Waals surface area contributed by atoms with Crippen LogP contribution >= 0.6 is 0 Å². The highest BCUT2D eigenvalue weighted by Gasteiger charge is 2.21. The van der Waals surface area contributed by atoms with Crippen LogP contribution in [-0.2, 0) is 0 Å². The second-order valence-electron chi connectivity index (χ2n) is 2.77. The lowest BCUT2D eigenvalue weighted by Gasteiger charge is -2.15. The lowest BCUT2D eigenvalue weighted by molar-refractivity contribution is 0.469. The average Bonchev–Trinajstić information content (AvgIpc) is 1.84. The van der Waals surface area contributed by atoms with Gasteiger partial charge in [-0.15, -0.1) is 0 Å². The van der Waals surface area contributed by atoms with Crippen molar-refractivity contribution in [3.8, 4) is 0 Å². The molecule has 0 unspecified atom stereocenters. The van der Waals surface area contributed by atoms with Crippen molar-refractivity contribution in [3.63, 3.8) is 0 Å². The Morgan fingerprint density at radius 3 is 2.43 bits per heavy atom. The molecular weight excluding hydrogens is 86.1 g/mol. The first kappa shape index (κ1) is 5.10. The summed E-state index contributed by atoms with van der Waals surface area (Å²) in [5.41, 5.74) is 0.389. The highest BCUT2D eigenvalue weighted by Crippen LogP contribution is 2.18. The second-order valence-corrected chi connectivity index (χ2v) is 2.77. The minimum Gasteiger partial charge on any atom is -0.307 e. The summed E-state index contributed by atoms with van der Waals surface area (Å²) in [6.45, 7) is 6.58. The normalized spacial score (nSPS) is 28.3. The minimum absolute atomic E-state index is 0.389. The van der Waals surface area contributed by atoms with Crippen LogP contribution in [0.5, 0.6) is 0 Å². The third-order valence-electron chi connectivity index (χ3n) is 1.41. The third kappa shape index (κ3) is 1.16. The van der Waals surface area contributed by atoms with Gasteiger partial charge in [0, 0.05) is 12.1 Å². The first-order valence-corrected chi connectivity index (χ1v) is 2.80. The summed E-state index contributed by atoms with van der Waals surface area (Å²) in [6, 6.07) is 0. The Hall–Kier alpha value is -0.0400. The van der Waals surface area contributed by atoms with Crippen LogP contribution in [-0.4, -0.2) is 5.54 Å². The Balaban J connectivity index is 2.40. The van der Waals surface area contributed by atoms with Crippen LogP contribution < -0.4 is 5.32 Å². The van der Waals surface area contributed by atoms with Gasteiger partial charge in [-0.2, -0.15) is 0 Å². The van der Waals surface area contributed by atoms with Crippen molar-refractivity contribution in [2.24, 2.45) is 0 Å². The molecule has 1 heteroatoms. The van der Waals surface area contributed by atoms with Crippen molar-refractivity contribution in [2.45, 2.75) is 32.2 Å². The van der Waals surface area contributed by atoms with E-state index in [4.69, 9.17) is 0 Å². The Morgan fingerprint density at radius 1 is 1.57 bits per heavy atom. The molecule has 1 N–H and O–H groups in total. The van der Waals surface area contributed by atoms with Crippen molar-refractivity contribution in [2.75, 3.05) is 0 Å². The molecule has 1 aliphatic heterocycles. The molecule has 0 aromatic heterocycles. The van der Waals surface area contributed by atoms with Gasteiger partial charge in [0.05, 0.1) is 0 Å². The summed E-state index contributed by atoms with van der Waals surface area (Å²) in [5.74, 6) is 0. The first-order chi connectivity index (χ1) is 3.21. The quantitative estimate of drug-likeness (QED) is 0.481. The Bertz CT molecular complexity index is 58.6. The zero-order chi connectivity index (χ0) is 5.33. The van der Waals surface area contributed by atoms with Gasteiger partial charge in [-0.05, 0) is 26.7 Å². The molecule has 0 atom stereocenters. The summed E-state index contributed by atoms with van der Waals surface area (Å²) in [6.07, 6.45) is 2.51. The van der Waals surface area contributed by atoms with Gasteiger partial charge in [0.15, 0.2) is 0 Å². The molecule has 1 nitrogen and oxygen atoms in total. The van der Waals surface area contributed by atoms with Crippen LogP contribution in [0.1, 0.15) is 26.7 Å². The molecule has 0 aromatic carbocycles. The van der Waals surface area contributed by atoms with E-state index in [1.807, 2.05) is 0 Å². The van der Waals surface area contributed by atoms with E-state index >= 15 is 0 Å². The highest BCUT2D eigenvalue weighted by molar-refractivity contribution is 4.89. The lowest BCUT2D eigenvalue weighted by Crippen LogP contribution is -2.29. The van der Waals surface area contributed by atoms with E-state index in [-0.39, 0.29) is 0 Å². The van der Waals surface area contributed by atoms with E-state index in [9.17, 15) is 0 Å². The third-order valence-corrected chi connectivity index (χ3v) is 1.41. The molecule has 7 heavy (non-hydrogen) atoms. The number of nitrogens with one attached hydrogen (secondary N) is 1. The molecule has 1 rings (SSSR count). The molecule has 0 bridgehead atoms. The maximum Gasteiger partial charge on any atom is 0.0227 e. The summed E-state index contributed by atoms with van der Waals surface area (Å²) < 4.78 is 0. The van der Waals surface area contributed by atoms with E-state index in [1.165, 1.54) is 12.8 Å². The largest absolute Gasteiger partial charge is 0.307 e. The van der Waals surface area contributed by atoms with E-state index in [2.05, 4.69) is 25.7 Å². The van der Waals surface area contributed by atoms with E-state index in [0.29, 0.717) is 5.54 Å². The van der Waals surface area contributed by atoms with Gasteiger partial charge in [-0.1, -0.05) is 0 Å². The lowest BCUT2D eigenvalue weighted by atomic mass is 10.0. The summed E-state index contributed by atoms with van der Waals surface area (Å²) >= 11 is 0. The molecule has 41 valence electrons. The maximum atomic E-state index is 3.27. The van der Waals surface area contributed by atoms with Crippen molar-refractivity contribution >= 4 is 0 Å². The zero-order valence-electron chi connectivity index (χ0n) is 4.99. The molecule has 1 saturated heterocycles. The van der Waals surface area contributed by atoms with Gasteiger partial charge < -0.3 is 5.32 Å². The fourth-order valence-corrected chi connectivity index (χ4v) is 0.854. The van der Waals surface area contributed by atoms with Crippen LogP contribution in [0.4, 0.5) is 0 Å². The van der Waals surface area contributed by atoms with Gasteiger partial charge in [-0.3, -0.25) is 0 Å². The molecular formula is C6H12N. The molecule has 1 aliphatic rings. The zero-order valence-corrected chi connectivity index (χ0v) is 4.99. The number of rotatable bonds is 0. The van der Waals surface area contributed by atoms with Crippen molar-refractivity contribution in [1.29, 1.82) is 0 Å². The van der Waals surface area contributed by atoms with Crippen molar-refractivity contribution < 1.29 is 0 Å². The predicted octanol–water partition coefficient (Wildman–Crippen LogP) is 1.31. The summed E-state index contributed by atoms with van der Waals surface area (Å²) in [5, 5.41) is 3.27. The van der Waals surface area contributed by atoms with Crippen molar-refractivity contribution in [3.05, 3.63) is 6.54 Å². The highest BCUT2D eigenvalue weighted by atomic mass is 15.0. The Kier molecular flexibility index (Phi) is 1.08. The van der Waals surface area contributed by atoms with E-state index < -0.39 is 0 Å². The number of hydrogen-bond acceptors (Lipinski definition) is 1. The minimum atomic E-state index is 0.389. The van der Waals surface area contributed by atoms with Gasteiger partial charge >= 0.3 is 0 Å².